The van der Waals surface area contributed by atoms with Crippen molar-refractivity contribution in [1.82, 2.24) is 5.32 Å². The van der Waals surface area contributed by atoms with Crippen molar-refractivity contribution < 1.29 is 26.5 Å². The quantitative estimate of drug-likeness (QED) is 0.741. The van der Waals surface area contributed by atoms with Gasteiger partial charge in [-0.25, -0.2) is 4.21 Å². The van der Waals surface area contributed by atoms with Gasteiger partial charge in [0.15, 0.2) is 0 Å². The third-order valence-corrected chi connectivity index (χ3v) is 5.55. The van der Waals surface area contributed by atoms with E-state index in [0.717, 1.165) is 36.2 Å². The molecule has 0 fully saturated rings. The summed E-state index contributed by atoms with van der Waals surface area (Å²) in [6, 6.07) is 10.4. The van der Waals surface area contributed by atoms with E-state index in [1.54, 1.807) is 12.1 Å². The minimum absolute atomic E-state index is 0.347. The highest BCUT2D eigenvalue weighted by Gasteiger charge is 2.31. The van der Waals surface area contributed by atoms with Crippen molar-refractivity contribution in [2.24, 2.45) is 0 Å². The summed E-state index contributed by atoms with van der Waals surface area (Å²) in [5.74, 6) is 0.544. The lowest BCUT2D eigenvalue weighted by Gasteiger charge is -2.10. The first kappa shape index (κ1) is 17.1. The number of nitrogens with one attached hydrogen (secondary N) is 1. The highest BCUT2D eigenvalue weighted by molar-refractivity contribution is 7.85. The maximum Gasteiger partial charge on any atom is 0.573 e. The number of rotatable bonds is 3. The number of alkyl halides is 3. The normalized spacial score (nSPS) is 15.7. The van der Waals surface area contributed by atoms with Crippen molar-refractivity contribution in [3.05, 3.63) is 53.8 Å². The Hall–Kier alpha value is -2.32. The van der Waals surface area contributed by atoms with E-state index in [9.17, 15) is 17.4 Å². The van der Waals surface area contributed by atoms with Crippen molar-refractivity contribution in [3.63, 3.8) is 0 Å². The van der Waals surface area contributed by atoms with Gasteiger partial charge in [0.05, 0.1) is 17.3 Å². The number of hydrogen-bond donors (Lipinski definition) is 1. The zero-order chi connectivity index (χ0) is 18.3. The van der Waals surface area contributed by atoms with Crippen molar-refractivity contribution in [3.8, 4) is 5.75 Å². The Morgan fingerprint density at radius 1 is 1.08 bits per heavy atom. The molecule has 1 aliphatic heterocycles. The maximum absolute atomic E-state index is 12.7. The Balaban J connectivity index is 1.61. The van der Waals surface area contributed by atoms with Crippen LogP contribution in [-0.2, 0) is 23.8 Å². The molecule has 0 radical (unpaired) electrons. The number of ether oxygens (including phenoxy) is 1. The summed E-state index contributed by atoms with van der Waals surface area (Å²) in [5, 5.41) is 4.25. The average Bonchev–Trinajstić information content (AvgIpc) is 2.98. The van der Waals surface area contributed by atoms with Crippen LogP contribution in [0.4, 0.5) is 13.2 Å². The standard InChI is InChI=1S/C18H14F3NO3S/c19-18(20,21)25-11-1-3-12(4-2-11)26(23)13-5-6-14-15-7-8-22-10-17(15)24-16(14)9-13/h1-6,9,22H,7-8,10H2. The topological polar surface area (TPSA) is 51.5 Å². The molecule has 1 unspecified atom stereocenters. The molecule has 0 aliphatic carbocycles. The molecular formula is C18H14F3NO3S. The average molecular weight is 381 g/mol. The van der Waals surface area contributed by atoms with Gasteiger partial charge in [0.25, 0.3) is 0 Å². The smallest absolute Gasteiger partial charge is 0.459 e. The van der Waals surface area contributed by atoms with Gasteiger partial charge in [0.2, 0.25) is 0 Å². The van der Waals surface area contributed by atoms with Gasteiger partial charge in [-0.3, -0.25) is 0 Å². The molecule has 2 aromatic carbocycles. The lowest BCUT2D eigenvalue weighted by molar-refractivity contribution is -0.274. The highest BCUT2D eigenvalue weighted by atomic mass is 32.2. The Bertz CT molecular complexity index is 980. The molecule has 26 heavy (non-hydrogen) atoms. The van der Waals surface area contributed by atoms with Crippen LogP contribution in [0.3, 0.4) is 0 Å². The van der Waals surface area contributed by atoms with Gasteiger partial charge in [-0.1, -0.05) is 0 Å². The van der Waals surface area contributed by atoms with Gasteiger partial charge in [-0.2, -0.15) is 0 Å². The summed E-state index contributed by atoms with van der Waals surface area (Å²) in [6.07, 6.45) is -3.87. The van der Waals surface area contributed by atoms with Gasteiger partial charge in [0, 0.05) is 20.7 Å². The lowest BCUT2D eigenvalue weighted by atomic mass is 10.1. The number of hydrogen-bond acceptors (Lipinski definition) is 4. The molecule has 4 rings (SSSR count). The first-order valence-electron chi connectivity index (χ1n) is 7.93. The number of furan rings is 1. The molecule has 8 heteroatoms. The zero-order valence-electron chi connectivity index (χ0n) is 13.4. The predicted molar refractivity (Wildman–Crippen MR) is 89.4 cm³/mol. The second-order valence-electron chi connectivity index (χ2n) is 5.88. The van der Waals surface area contributed by atoms with Crippen LogP contribution in [0.5, 0.6) is 5.75 Å². The summed E-state index contributed by atoms with van der Waals surface area (Å²) in [4.78, 5) is 0.915. The minimum atomic E-state index is -4.75. The fraction of sp³-hybridized carbons (Fsp3) is 0.222. The van der Waals surface area contributed by atoms with Gasteiger partial charge in [0.1, 0.15) is 17.1 Å². The first-order valence-corrected chi connectivity index (χ1v) is 9.08. The fourth-order valence-corrected chi connectivity index (χ4v) is 4.09. The molecule has 1 aromatic heterocycles. The van der Waals surface area contributed by atoms with Crippen LogP contribution in [-0.4, -0.2) is 17.1 Å². The van der Waals surface area contributed by atoms with E-state index in [4.69, 9.17) is 4.42 Å². The van der Waals surface area contributed by atoms with E-state index in [1.807, 2.05) is 6.07 Å². The third-order valence-electron chi connectivity index (χ3n) is 4.17. The van der Waals surface area contributed by atoms with Gasteiger partial charge in [-0.05, 0) is 55.4 Å². The molecule has 0 amide bonds. The summed E-state index contributed by atoms with van der Waals surface area (Å²) in [5.41, 5.74) is 1.84. The van der Waals surface area contributed by atoms with Gasteiger partial charge < -0.3 is 14.5 Å². The second kappa shape index (κ2) is 6.44. The number of fused-ring (bicyclic) bond motifs is 3. The fourth-order valence-electron chi connectivity index (χ4n) is 3.03. The van der Waals surface area contributed by atoms with Crippen LogP contribution in [0.2, 0.25) is 0 Å². The summed E-state index contributed by atoms with van der Waals surface area (Å²) in [6.45, 7) is 1.56. The largest absolute Gasteiger partial charge is 0.573 e. The van der Waals surface area contributed by atoms with E-state index in [-0.39, 0.29) is 5.75 Å². The zero-order valence-corrected chi connectivity index (χ0v) is 14.2. The SMILES string of the molecule is O=S(c1ccc(OC(F)(F)F)cc1)c1ccc2c3c(oc2c1)CNCC3. The van der Waals surface area contributed by atoms with Gasteiger partial charge >= 0.3 is 6.36 Å². The van der Waals surface area contributed by atoms with Crippen LogP contribution in [0, 0.1) is 0 Å². The maximum atomic E-state index is 12.7. The molecule has 2 heterocycles. The van der Waals surface area contributed by atoms with E-state index in [0.29, 0.717) is 21.9 Å². The van der Waals surface area contributed by atoms with Crippen molar-refractivity contribution in [2.45, 2.75) is 29.1 Å². The molecule has 1 aliphatic rings. The minimum Gasteiger partial charge on any atom is -0.459 e. The molecule has 0 spiro atoms. The predicted octanol–water partition coefficient (Wildman–Crippen LogP) is 4.14. The molecule has 136 valence electrons. The molecule has 0 bridgehead atoms. The molecule has 4 nitrogen and oxygen atoms in total. The summed E-state index contributed by atoms with van der Waals surface area (Å²) >= 11 is 0. The molecule has 1 N–H and O–H groups in total. The molecule has 3 aromatic rings. The second-order valence-corrected chi connectivity index (χ2v) is 7.36. The van der Waals surface area contributed by atoms with E-state index < -0.39 is 17.2 Å². The van der Waals surface area contributed by atoms with Crippen LogP contribution in [0.1, 0.15) is 11.3 Å². The lowest BCUT2D eigenvalue weighted by Crippen LogP contribution is -2.22. The number of halogens is 3. The van der Waals surface area contributed by atoms with Crippen LogP contribution in [0.25, 0.3) is 11.0 Å². The van der Waals surface area contributed by atoms with E-state index in [2.05, 4.69) is 10.1 Å². The molecule has 0 saturated carbocycles. The Labute approximate surface area is 149 Å². The Morgan fingerprint density at radius 2 is 1.81 bits per heavy atom. The third kappa shape index (κ3) is 3.34. The highest BCUT2D eigenvalue weighted by Crippen LogP contribution is 2.31. The van der Waals surface area contributed by atoms with Crippen LogP contribution < -0.4 is 10.1 Å². The summed E-state index contributed by atoms with van der Waals surface area (Å²) < 4.78 is 59.0. The number of benzene rings is 2. The first-order chi connectivity index (χ1) is 12.4. The van der Waals surface area contributed by atoms with Gasteiger partial charge in [-0.15, -0.1) is 13.2 Å². The monoisotopic (exact) mass is 381 g/mol. The van der Waals surface area contributed by atoms with E-state index >= 15 is 0 Å². The Morgan fingerprint density at radius 3 is 2.54 bits per heavy atom. The van der Waals surface area contributed by atoms with Crippen LogP contribution in [0.15, 0.2) is 56.7 Å². The van der Waals surface area contributed by atoms with Crippen LogP contribution >= 0.6 is 0 Å². The molecule has 1 atom stereocenters. The van der Waals surface area contributed by atoms with Crippen molar-refractivity contribution in [2.75, 3.05) is 6.54 Å². The molecule has 0 saturated heterocycles. The summed E-state index contributed by atoms with van der Waals surface area (Å²) in [7, 11) is -1.53. The molecular weight excluding hydrogens is 367 g/mol. The Kier molecular flexibility index (Phi) is 4.24. The van der Waals surface area contributed by atoms with Crippen molar-refractivity contribution in [1.29, 1.82) is 0 Å². The van der Waals surface area contributed by atoms with Crippen molar-refractivity contribution >= 4 is 21.8 Å². The van der Waals surface area contributed by atoms with E-state index in [1.165, 1.54) is 17.7 Å².